The number of fused-ring (bicyclic) bond motifs is 2. The van der Waals surface area contributed by atoms with E-state index in [9.17, 15) is 18.8 Å². The fraction of sp³-hybridized carbons (Fsp3) is 0.571. The summed E-state index contributed by atoms with van der Waals surface area (Å²) in [7, 11) is 1.32. The van der Waals surface area contributed by atoms with Gasteiger partial charge in [-0.3, -0.25) is 14.5 Å². The SMILES string of the molecule is CCC1CC2CC(C1)CC(C)(CC(=O)NCC(=O)N1CCN(Cc3cc(F)cc(Oc4ccc(C(=O)OC)cc4)c3)CC1)C2. The molecule has 2 bridgehead atoms. The van der Waals surface area contributed by atoms with Crippen LogP contribution in [0.3, 0.4) is 0 Å². The van der Waals surface area contributed by atoms with E-state index in [2.05, 4.69) is 24.1 Å². The molecule has 2 saturated carbocycles. The van der Waals surface area contributed by atoms with Crippen LogP contribution in [0.5, 0.6) is 11.5 Å². The van der Waals surface area contributed by atoms with Crippen LogP contribution in [0.2, 0.25) is 0 Å². The fourth-order valence-corrected chi connectivity index (χ4v) is 7.82. The molecule has 0 spiro atoms. The second kappa shape index (κ2) is 14.1. The Kier molecular flexibility index (Phi) is 10.2. The molecule has 0 aromatic heterocycles. The van der Waals surface area contributed by atoms with Gasteiger partial charge in [-0.25, -0.2) is 9.18 Å². The van der Waals surface area contributed by atoms with E-state index in [-0.39, 0.29) is 23.8 Å². The van der Waals surface area contributed by atoms with Crippen molar-refractivity contribution in [3.05, 3.63) is 59.4 Å². The van der Waals surface area contributed by atoms with Crippen molar-refractivity contribution in [1.82, 2.24) is 15.1 Å². The van der Waals surface area contributed by atoms with Crippen LogP contribution in [0.15, 0.2) is 42.5 Å². The van der Waals surface area contributed by atoms with Gasteiger partial charge in [-0.15, -0.1) is 0 Å². The summed E-state index contributed by atoms with van der Waals surface area (Å²) < 4.78 is 25.0. The zero-order chi connectivity index (χ0) is 31.3. The summed E-state index contributed by atoms with van der Waals surface area (Å²) >= 11 is 0. The summed E-state index contributed by atoms with van der Waals surface area (Å²) in [6, 6.07) is 11.1. The van der Waals surface area contributed by atoms with Crippen LogP contribution in [-0.4, -0.2) is 67.4 Å². The molecule has 44 heavy (non-hydrogen) atoms. The fourth-order valence-electron chi connectivity index (χ4n) is 7.82. The van der Waals surface area contributed by atoms with Crippen LogP contribution in [0, 0.1) is 29.0 Å². The highest BCUT2D eigenvalue weighted by Gasteiger charge is 2.42. The quantitative estimate of drug-likeness (QED) is 0.344. The lowest BCUT2D eigenvalue weighted by Gasteiger charge is -2.47. The third-order valence-corrected chi connectivity index (χ3v) is 9.74. The second-order valence-corrected chi connectivity index (χ2v) is 13.5. The van der Waals surface area contributed by atoms with Crippen LogP contribution >= 0.6 is 0 Å². The number of halogens is 1. The minimum atomic E-state index is -0.438. The summed E-state index contributed by atoms with van der Waals surface area (Å²) in [6.07, 6.45) is 7.92. The molecule has 2 aliphatic carbocycles. The maximum Gasteiger partial charge on any atom is 0.337 e. The highest BCUT2D eigenvalue weighted by Crippen LogP contribution is 2.52. The average Bonchev–Trinajstić information content (AvgIpc) is 2.99. The van der Waals surface area contributed by atoms with Gasteiger partial charge in [-0.05, 0) is 97.2 Å². The molecule has 1 N–H and O–H groups in total. The molecule has 3 aliphatic rings. The van der Waals surface area contributed by atoms with E-state index in [4.69, 9.17) is 9.47 Å². The van der Waals surface area contributed by atoms with Crippen molar-refractivity contribution in [2.75, 3.05) is 39.8 Å². The van der Waals surface area contributed by atoms with Crippen molar-refractivity contribution in [2.45, 2.75) is 65.3 Å². The normalized spacial score (nSPS) is 25.3. The monoisotopic (exact) mass is 607 g/mol. The van der Waals surface area contributed by atoms with Gasteiger partial charge in [0.1, 0.15) is 17.3 Å². The van der Waals surface area contributed by atoms with Crippen LogP contribution in [0.4, 0.5) is 4.39 Å². The molecule has 1 heterocycles. The van der Waals surface area contributed by atoms with E-state index in [0.717, 1.165) is 36.2 Å². The predicted molar refractivity (Wildman–Crippen MR) is 166 cm³/mol. The van der Waals surface area contributed by atoms with E-state index in [1.54, 1.807) is 35.2 Å². The molecule has 5 rings (SSSR count). The molecule has 2 unspecified atom stereocenters. The number of ether oxygens (including phenoxy) is 2. The van der Waals surface area contributed by atoms with E-state index in [1.165, 1.54) is 44.9 Å². The van der Waals surface area contributed by atoms with Crippen molar-refractivity contribution >= 4 is 17.8 Å². The highest BCUT2D eigenvalue weighted by atomic mass is 19.1. The van der Waals surface area contributed by atoms with Crippen LogP contribution in [-0.2, 0) is 20.9 Å². The van der Waals surface area contributed by atoms with Gasteiger partial charge in [0, 0.05) is 45.2 Å². The average molecular weight is 608 g/mol. The molecule has 238 valence electrons. The first-order valence-electron chi connectivity index (χ1n) is 16.0. The Morgan fingerprint density at radius 1 is 0.955 bits per heavy atom. The molecule has 0 radical (unpaired) electrons. The van der Waals surface area contributed by atoms with Crippen molar-refractivity contribution in [3.8, 4) is 11.5 Å². The Bertz CT molecular complexity index is 1310. The number of piperazine rings is 1. The van der Waals surface area contributed by atoms with Gasteiger partial charge in [0.15, 0.2) is 0 Å². The lowest BCUT2D eigenvalue weighted by atomic mass is 9.58. The van der Waals surface area contributed by atoms with E-state index >= 15 is 0 Å². The van der Waals surface area contributed by atoms with Gasteiger partial charge >= 0.3 is 5.97 Å². The Morgan fingerprint density at radius 3 is 2.27 bits per heavy atom. The maximum absolute atomic E-state index is 14.4. The zero-order valence-electron chi connectivity index (χ0n) is 26.3. The molecule has 8 nitrogen and oxygen atoms in total. The largest absolute Gasteiger partial charge is 0.465 e. The molecule has 2 amide bonds. The molecular formula is C35H46FN3O5. The second-order valence-electron chi connectivity index (χ2n) is 13.5. The number of rotatable bonds is 10. The number of nitrogens with one attached hydrogen (secondary N) is 1. The topological polar surface area (TPSA) is 88.2 Å². The van der Waals surface area contributed by atoms with E-state index < -0.39 is 11.8 Å². The number of carbonyl (C=O) groups excluding carboxylic acids is 3. The van der Waals surface area contributed by atoms with Crippen molar-refractivity contribution < 1.29 is 28.2 Å². The third-order valence-electron chi connectivity index (χ3n) is 9.74. The van der Waals surface area contributed by atoms with Gasteiger partial charge in [0.05, 0.1) is 19.2 Å². The first-order chi connectivity index (χ1) is 21.1. The first kappa shape index (κ1) is 31.9. The zero-order valence-corrected chi connectivity index (χ0v) is 26.3. The van der Waals surface area contributed by atoms with Crippen LogP contribution in [0.1, 0.15) is 74.7 Å². The molecule has 9 heteroatoms. The lowest BCUT2D eigenvalue weighted by Crippen LogP contribution is -2.51. The van der Waals surface area contributed by atoms with Crippen molar-refractivity contribution in [2.24, 2.45) is 23.2 Å². The number of hydrogen-bond acceptors (Lipinski definition) is 6. The van der Waals surface area contributed by atoms with Gasteiger partial charge in [0.25, 0.3) is 0 Å². The van der Waals surface area contributed by atoms with Crippen molar-refractivity contribution in [1.29, 1.82) is 0 Å². The van der Waals surface area contributed by atoms with E-state index in [1.807, 2.05) is 0 Å². The summed E-state index contributed by atoms with van der Waals surface area (Å²) in [6.45, 7) is 7.53. The van der Waals surface area contributed by atoms with Gasteiger partial charge in [-0.1, -0.05) is 20.3 Å². The van der Waals surface area contributed by atoms with Crippen molar-refractivity contribution in [3.63, 3.8) is 0 Å². The summed E-state index contributed by atoms with van der Waals surface area (Å²) in [4.78, 5) is 41.4. The molecule has 1 saturated heterocycles. The molecule has 2 atom stereocenters. The number of methoxy groups -OCH3 is 1. The molecular weight excluding hydrogens is 561 g/mol. The van der Waals surface area contributed by atoms with E-state index in [0.29, 0.717) is 56.2 Å². The third kappa shape index (κ3) is 8.37. The Morgan fingerprint density at radius 2 is 1.64 bits per heavy atom. The summed E-state index contributed by atoms with van der Waals surface area (Å²) in [5, 5.41) is 2.91. The molecule has 3 fully saturated rings. The number of hydrogen-bond donors (Lipinski definition) is 1. The predicted octanol–water partition coefficient (Wildman–Crippen LogP) is 5.80. The van der Waals surface area contributed by atoms with Crippen LogP contribution in [0.25, 0.3) is 0 Å². The first-order valence-corrected chi connectivity index (χ1v) is 16.0. The Balaban J connectivity index is 1.05. The van der Waals surface area contributed by atoms with Gasteiger partial charge in [-0.2, -0.15) is 0 Å². The summed E-state index contributed by atoms with van der Waals surface area (Å²) in [5.41, 5.74) is 1.20. The number of carbonyl (C=O) groups is 3. The smallest absolute Gasteiger partial charge is 0.337 e. The lowest BCUT2D eigenvalue weighted by molar-refractivity contribution is -0.135. The summed E-state index contributed by atoms with van der Waals surface area (Å²) in [5.74, 6) is 2.25. The Hall–Kier alpha value is -3.46. The minimum absolute atomic E-state index is 0.0185. The Labute approximate surface area is 260 Å². The number of nitrogens with zero attached hydrogens (tertiary/aromatic N) is 2. The molecule has 1 aliphatic heterocycles. The number of benzene rings is 2. The minimum Gasteiger partial charge on any atom is -0.465 e. The standard InChI is InChI=1S/C35H46FN3O5/c1-4-24-13-25-15-26(14-24)20-35(2,19-25)21-32(40)37-22-33(41)39-11-9-38(10-12-39)23-27-16-29(36)18-31(17-27)44-30-7-5-28(6-8-30)34(42)43-3/h5-8,16-18,24-26H,4,9-15,19-23H2,1-3H3,(H,37,40). The molecule has 2 aromatic carbocycles. The number of esters is 1. The van der Waals surface area contributed by atoms with Gasteiger partial charge < -0.3 is 19.7 Å². The van der Waals surface area contributed by atoms with Crippen LogP contribution < -0.4 is 10.1 Å². The highest BCUT2D eigenvalue weighted by molar-refractivity contribution is 5.89. The number of amides is 2. The van der Waals surface area contributed by atoms with Gasteiger partial charge in [0.2, 0.25) is 11.8 Å². The molecule has 2 aromatic rings. The maximum atomic E-state index is 14.4.